The maximum atomic E-state index is 5.65. The summed E-state index contributed by atoms with van der Waals surface area (Å²) in [6.45, 7) is 0.390. The van der Waals surface area contributed by atoms with Crippen LogP contribution in [0.25, 0.3) is 10.2 Å². The number of hydrogen-bond donors (Lipinski definition) is 1. The van der Waals surface area contributed by atoms with Crippen molar-refractivity contribution in [1.29, 1.82) is 0 Å². The first-order valence-corrected chi connectivity index (χ1v) is 7.03. The number of nitrogens with two attached hydrogens (primary N) is 1. The monoisotopic (exact) mass is 274 g/mol. The Morgan fingerprint density at radius 3 is 2.83 bits per heavy atom. The lowest BCUT2D eigenvalue weighted by Gasteiger charge is -2.01. The van der Waals surface area contributed by atoms with Crippen molar-refractivity contribution < 1.29 is 0 Å². The van der Waals surface area contributed by atoms with Crippen LogP contribution in [-0.4, -0.2) is 15.0 Å². The lowest BCUT2D eigenvalue weighted by atomic mass is 10.3. The van der Waals surface area contributed by atoms with Crippen LogP contribution in [0.3, 0.4) is 0 Å². The fraction of sp³-hybridized carbons (Fsp3) is 0.0833. The zero-order valence-corrected chi connectivity index (χ0v) is 11.0. The number of thiazole rings is 1. The van der Waals surface area contributed by atoms with E-state index in [-0.39, 0.29) is 0 Å². The molecular weight excluding hydrogens is 264 g/mol. The van der Waals surface area contributed by atoms with Crippen molar-refractivity contribution in [1.82, 2.24) is 15.0 Å². The molecule has 0 aliphatic rings. The van der Waals surface area contributed by atoms with Crippen LogP contribution in [0.5, 0.6) is 0 Å². The van der Waals surface area contributed by atoms with Crippen LogP contribution in [0.2, 0.25) is 0 Å². The quantitative estimate of drug-likeness (QED) is 0.795. The van der Waals surface area contributed by atoms with Crippen LogP contribution >= 0.6 is 23.1 Å². The molecule has 2 N–H and O–H groups in total. The molecule has 2 heterocycles. The molecule has 1 aromatic carbocycles. The second-order valence-corrected chi connectivity index (χ2v) is 5.83. The van der Waals surface area contributed by atoms with Crippen LogP contribution < -0.4 is 5.73 Å². The molecule has 90 valence electrons. The Balaban J connectivity index is 1.96. The van der Waals surface area contributed by atoms with E-state index in [2.05, 4.69) is 21.0 Å². The van der Waals surface area contributed by atoms with Gasteiger partial charge in [-0.15, -0.1) is 11.3 Å². The third kappa shape index (κ3) is 2.22. The highest BCUT2D eigenvalue weighted by Crippen LogP contribution is 2.34. The normalized spacial score (nSPS) is 10.9. The zero-order valence-electron chi connectivity index (χ0n) is 9.41. The van der Waals surface area contributed by atoms with Gasteiger partial charge >= 0.3 is 0 Å². The summed E-state index contributed by atoms with van der Waals surface area (Å²) >= 11 is 3.17. The van der Waals surface area contributed by atoms with Crippen LogP contribution in [0.4, 0.5) is 0 Å². The van der Waals surface area contributed by atoms with E-state index < -0.39 is 0 Å². The van der Waals surface area contributed by atoms with E-state index in [4.69, 9.17) is 5.73 Å². The molecule has 0 aliphatic heterocycles. The first kappa shape index (κ1) is 11.6. The second kappa shape index (κ2) is 5.01. The SMILES string of the molecule is NCc1nccnc1Sc1nc2ccccc2s1. The first-order chi connectivity index (χ1) is 8.86. The fourth-order valence-electron chi connectivity index (χ4n) is 1.56. The molecule has 18 heavy (non-hydrogen) atoms. The predicted octanol–water partition coefficient (Wildman–Crippen LogP) is 2.70. The van der Waals surface area contributed by atoms with Crippen LogP contribution in [-0.2, 0) is 6.54 Å². The predicted molar refractivity (Wildman–Crippen MR) is 73.7 cm³/mol. The fourth-order valence-corrected chi connectivity index (χ4v) is 3.60. The number of para-hydroxylation sites is 1. The third-order valence-corrected chi connectivity index (χ3v) is 4.52. The highest BCUT2D eigenvalue weighted by Gasteiger charge is 2.09. The van der Waals surface area contributed by atoms with Crippen molar-refractivity contribution in [3.8, 4) is 0 Å². The minimum atomic E-state index is 0.390. The van der Waals surface area contributed by atoms with Gasteiger partial charge in [0.1, 0.15) is 5.03 Å². The number of aromatic nitrogens is 3. The minimum Gasteiger partial charge on any atom is -0.325 e. The topological polar surface area (TPSA) is 64.7 Å². The molecule has 0 spiro atoms. The van der Waals surface area contributed by atoms with Crippen LogP contribution in [0.15, 0.2) is 46.0 Å². The molecule has 6 heteroatoms. The number of rotatable bonds is 3. The third-order valence-electron chi connectivity index (χ3n) is 2.39. The van der Waals surface area contributed by atoms with Gasteiger partial charge in [0.25, 0.3) is 0 Å². The molecule has 3 aromatic rings. The van der Waals surface area contributed by atoms with Gasteiger partial charge in [-0.05, 0) is 23.9 Å². The van der Waals surface area contributed by atoms with Crippen LogP contribution in [0, 0.1) is 0 Å². The van der Waals surface area contributed by atoms with Crippen molar-refractivity contribution in [2.45, 2.75) is 15.9 Å². The average molecular weight is 274 g/mol. The van der Waals surface area contributed by atoms with Crippen molar-refractivity contribution in [2.75, 3.05) is 0 Å². The van der Waals surface area contributed by atoms with E-state index in [1.165, 1.54) is 16.5 Å². The van der Waals surface area contributed by atoms with Crippen molar-refractivity contribution in [2.24, 2.45) is 5.73 Å². The lowest BCUT2D eigenvalue weighted by molar-refractivity contribution is 0.886. The first-order valence-electron chi connectivity index (χ1n) is 5.40. The number of hydrogen-bond acceptors (Lipinski definition) is 6. The van der Waals surface area contributed by atoms with Gasteiger partial charge in [-0.3, -0.25) is 4.98 Å². The van der Waals surface area contributed by atoms with Crippen LogP contribution in [0.1, 0.15) is 5.69 Å². The molecule has 0 unspecified atom stereocenters. The van der Waals surface area contributed by atoms with Gasteiger partial charge in [0, 0.05) is 18.9 Å². The molecule has 0 aliphatic carbocycles. The largest absolute Gasteiger partial charge is 0.325 e. The maximum Gasteiger partial charge on any atom is 0.157 e. The van der Waals surface area contributed by atoms with Gasteiger partial charge in [-0.2, -0.15) is 0 Å². The molecule has 0 fully saturated rings. The minimum absolute atomic E-state index is 0.390. The van der Waals surface area contributed by atoms with Gasteiger partial charge in [0.2, 0.25) is 0 Å². The highest BCUT2D eigenvalue weighted by molar-refractivity contribution is 8.01. The molecule has 0 saturated heterocycles. The van der Waals surface area contributed by atoms with E-state index in [9.17, 15) is 0 Å². The van der Waals surface area contributed by atoms with Gasteiger partial charge in [-0.1, -0.05) is 12.1 Å². The number of nitrogens with zero attached hydrogens (tertiary/aromatic N) is 3. The van der Waals surface area contributed by atoms with E-state index in [0.717, 1.165) is 20.6 Å². The molecule has 4 nitrogen and oxygen atoms in total. The van der Waals surface area contributed by atoms with E-state index >= 15 is 0 Å². The molecule has 0 bridgehead atoms. The summed E-state index contributed by atoms with van der Waals surface area (Å²) in [6.07, 6.45) is 3.33. The summed E-state index contributed by atoms with van der Waals surface area (Å²) in [5.41, 5.74) is 7.47. The lowest BCUT2D eigenvalue weighted by Crippen LogP contribution is -2.02. The molecule has 3 rings (SSSR count). The van der Waals surface area contributed by atoms with E-state index in [0.29, 0.717) is 6.54 Å². The molecule has 0 amide bonds. The van der Waals surface area contributed by atoms with Gasteiger partial charge < -0.3 is 5.73 Å². The van der Waals surface area contributed by atoms with Gasteiger partial charge in [-0.25, -0.2) is 9.97 Å². The standard InChI is InChI=1S/C12H10N4S2/c13-7-9-11(15-6-5-14-9)18-12-16-8-3-1-2-4-10(8)17-12/h1-6H,7,13H2. The summed E-state index contributed by atoms with van der Waals surface area (Å²) in [4.78, 5) is 13.1. The Kier molecular flexibility index (Phi) is 3.22. The number of fused-ring (bicyclic) bond motifs is 1. The Labute approximate surface area is 112 Å². The molecule has 0 saturated carbocycles. The molecule has 0 radical (unpaired) electrons. The average Bonchev–Trinajstić information content (AvgIpc) is 2.81. The van der Waals surface area contributed by atoms with E-state index in [1.807, 2.05) is 18.2 Å². The summed E-state index contributed by atoms with van der Waals surface area (Å²) < 4.78 is 2.14. The van der Waals surface area contributed by atoms with Crippen molar-refractivity contribution >= 4 is 33.3 Å². The number of benzene rings is 1. The van der Waals surface area contributed by atoms with Crippen molar-refractivity contribution in [3.05, 3.63) is 42.4 Å². The Morgan fingerprint density at radius 1 is 1.17 bits per heavy atom. The molecule has 2 aromatic heterocycles. The summed E-state index contributed by atoms with van der Waals surface area (Å²) in [7, 11) is 0. The second-order valence-electron chi connectivity index (χ2n) is 3.56. The molecule has 0 atom stereocenters. The molecular formula is C12H10N4S2. The van der Waals surface area contributed by atoms with E-state index in [1.54, 1.807) is 23.7 Å². The van der Waals surface area contributed by atoms with Gasteiger partial charge in [0.15, 0.2) is 4.34 Å². The Morgan fingerprint density at radius 2 is 2.00 bits per heavy atom. The Bertz CT molecular complexity index is 647. The highest BCUT2D eigenvalue weighted by atomic mass is 32.2. The zero-order chi connectivity index (χ0) is 12.4. The maximum absolute atomic E-state index is 5.65. The summed E-state index contributed by atoms with van der Waals surface area (Å²) in [6, 6.07) is 8.08. The summed E-state index contributed by atoms with van der Waals surface area (Å²) in [5.74, 6) is 0. The summed E-state index contributed by atoms with van der Waals surface area (Å²) in [5, 5.41) is 0.832. The van der Waals surface area contributed by atoms with Crippen molar-refractivity contribution in [3.63, 3.8) is 0 Å². The smallest absolute Gasteiger partial charge is 0.157 e. The van der Waals surface area contributed by atoms with Gasteiger partial charge in [0.05, 0.1) is 15.9 Å². The Hall–Kier alpha value is -1.50.